The number of unbranched alkanes of at least 4 members (excludes halogenated alkanes) is 8. The van der Waals surface area contributed by atoms with Crippen LogP contribution in [0.3, 0.4) is 0 Å². The van der Waals surface area contributed by atoms with E-state index in [-0.39, 0.29) is 5.78 Å². The molecule has 0 heterocycles. The van der Waals surface area contributed by atoms with E-state index < -0.39 is 6.17 Å². The number of ketones is 1. The zero-order valence-corrected chi connectivity index (χ0v) is 13.3. The number of rotatable bonds is 13. The van der Waals surface area contributed by atoms with Gasteiger partial charge in [0.2, 0.25) is 0 Å². The van der Waals surface area contributed by atoms with Gasteiger partial charge >= 0.3 is 0 Å². The van der Waals surface area contributed by atoms with Gasteiger partial charge in [-0.15, -0.1) is 0 Å². The van der Waals surface area contributed by atoms with Crippen molar-refractivity contribution < 1.29 is 4.79 Å². The summed E-state index contributed by atoms with van der Waals surface area (Å²) < 4.78 is 0. The first-order valence-corrected chi connectivity index (χ1v) is 8.12. The predicted molar refractivity (Wildman–Crippen MR) is 83.1 cm³/mol. The summed E-state index contributed by atoms with van der Waals surface area (Å²) in [5.41, 5.74) is 5.86. The van der Waals surface area contributed by atoms with Gasteiger partial charge in [-0.05, 0) is 20.0 Å². The van der Waals surface area contributed by atoms with Crippen molar-refractivity contribution in [2.45, 2.75) is 84.2 Å². The van der Waals surface area contributed by atoms with Crippen LogP contribution >= 0.6 is 0 Å². The standard InChI is InChI=1S/C16H34N2O/c1-4-6-7-8-9-10-11-12-13-14-15(19)16(17)18(3)5-2/h16H,4-14,17H2,1-3H3. The summed E-state index contributed by atoms with van der Waals surface area (Å²) in [6.45, 7) is 5.09. The first-order valence-electron chi connectivity index (χ1n) is 8.12. The lowest BCUT2D eigenvalue weighted by atomic mass is 10.0. The van der Waals surface area contributed by atoms with E-state index in [1.807, 2.05) is 18.9 Å². The van der Waals surface area contributed by atoms with E-state index in [4.69, 9.17) is 5.73 Å². The number of hydrogen-bond donors (Lipinski definition) is 1. The quantitative estimate of drug-likeness (QED) is 0.410. The maximum absolute atomic E-state index is 11.8. The SMILES string of the molecule is CCCCCCCCCCCC(=O)C(N)N(C)CC. The van der Waals surface area contributed by atoms with Crippen molar-refractivity contribution in [1.82, 2.24) is 4.90 Å². The molecule has 114 valence electrons. The predicted octanol–water partition coefficient (Wildman–Crippen LogP) is 3.71. The van der Waals surface area contributed by atoms with Crippen LogP contribution in [0.15, 0.2) is 0 Å². The maximum atomic E-state index is 11.8. The molecule has 0 aliphatic rings. The van der Waals surface area contributed by atoms with Gasteiger partial charge in [0.25, 0.3) is 0 Å². The van der Waals surface area contributed by atoms with E-state index in [9.17, 15) is 4.79 Å². The molecule has 3 nitrogen and oxygen atoms in total. The number of carbonyl (C=O) groups excluding carboxylic acids is 1. The molecule has 2 N–H and O–H groups in total. The largest absolute Gasteiger partial charge is 0.309 e. The van der Waals surface area contributed by atoms with Gasteiger partial charge in [-0.25, -0.2) is 0 Å². The molecule has 0 aliphatic carbocycles. The van der Waals surface area contributed by atoms with Gasteiger partial charge in [-0.2, -0.15) is 0 Å². The lowest BCUT2D eigenvalue weighted by Gasteiger charge is -2.21. The first kappa shape index (κ1) is 18.6. The Kier molecular flexibility index (Phi) is 12.3. The molecule has 0 saturated heterocycles. The first-order chi connectivity index (χ1) is 9.13. The van der Waals surface area contributed by atoms with Gasteiger partial charge in [0, 0.05) is 6.42 Å². The molecular weight excluding hydrogens is 236 g/mol. The van der Waals surface area contributed by atoms with Crippen LogP contribution in [-0.2, 0) is 4.79 Å². The zero-order valence-electron chi connectivity index (χ0n) is 13.3. The van der Waals surface area contributed by atoms with Crippen LogP contribution in [-0.4, -0.2) is 30.4 Å². The minimum Gasteiger partial charge on any atom is -0.309 e. The van der Waals surface area contributed by atoms with Gasteiger partial charge in [-0.1, -0.05) is 65.2 Å². The number of carbonyl (C=O) groups is 1. The fourth-order valence-electron chi connectivity index (χ4n) is 2.20. The highest BCUT2D eigenvalue weighted by Crippen LogP contribution is 2.11. The van der Waals surface area contributed by atoms with Gasteiger partial charge in [-0.3, -0.25) is 9.69 Å². The van der Waals surface area contributed by atoms with Gasteiger partial charge in [0.05, 0.1) is 0 Å². The van der Waals surface area contributed by atoms with Crippen molar-refractivity contribution >= 4 is 5.78 Å². The molecule has 0 fully saturated rings. The summed E-state index contributed by atoms with van der Waals surface area (Å²) in [5, 5.41) is 0. The fraction of sp³-hybridized carbons (Fsp3) is 0.938. The van der Waals surface area contributed by atoms with Crippen molar-refractivity contribution in [3.05, 3.63) is 0 Å². The van der Waals surface area contributed by atoms with Gasteiger partial charge in [0.15, 0.2) is 5.78 Å². The van der Waals surface area contributed by atoms with E-state index in [1.54, 1.807) is 0 Å². The van der Waals surface area contributed by atoms with Crippen LogP contribution in [0.2, 0.25) is 0 Å². The Bertz CT molecular complexity index is 219. The molecule has 0 aromatic carbocycles. The van der Waals surface area contributed by atoms with Crippen molar-refractivity contribution in [2.75, 3.05) is 13.6 Å². The molecule has 1 unspecified atom stereocenters. The lowest BCUT2D eigenvalue weighted by Crippen LogP contribution is -2.45. The van der Waals surface area contributed by atoms with Gasteiger partial charge in [0.1, 0.15) is 6.17 Å². The third kappa shape index (κ3) is 10.1. The highest BCUT2D eigenvalue weighted by atomic mass is 16.1. The minimum absolute atomic E-state index is 0.187. The molecule has 1 atom stereocenters. The average molecular weight is 270 g/mol. The number of likely N-dealkylation sites (N-methyl/N-ethyl adjacent to an activating group) is 1. The van der Waals surface area contributed by atoms with Crippen LogP contribution in [0.1, 0.15) is 78.1 Å². The summed E-state index contributed by atoms with van der Waals surface area (Å²) in [5.74, 6) is 0.187. The zero-order chi connectivity index (χ0) is 14.5. The molecule has 0 aliphatic heterocycles. The number of hydrogen-bond acceptors (Lipinski definition) is 3. The molecule has 19 heavy (non-hydrogen) atoms. The van der Waals surface area contributed by atoms with Crippen molar-refractivity contribution in [3.63, 3.8) is 0 Å². The van der Waals surface area contributed by atoms with E-state index in [2.05, 4.69) is 6.92 Å². The van der Waals surface area contributed by atoms with Crippen LogP contribution in [0.25, 0.3) is 0 Å². The normalized spacial score (nSPS) is 12.9. The molecule has 0 spiro atoms. The molecule has 0 amide bonds. The molecule has 3 heteroatoms. The Labute approximate surface area is 119 Å². The maximum Gasteiger partial charge on any atom is 0.164 e. The van der Waals surface area contributed by atoms with Crippen LogP contribution < -0.4 is 5.73 Å². The van der Waals surface area contributed by atoms with Gasteiger partial charge < -0.3 is 5.73 Å². The molecular formula is C16H34N2O. The van der Waals surface area contributed by atoms with Crippen LogP contribution in [0.5, 0.6) is 0 Å². The van der Waals surface area contributed by atoms with E-state index >= 15 is 0 Å². The Morgan fingerprint density at radius 3 is 1.89 bits per heavy atom. The summed E-state index contributed by atoms with van der Waals surface area (Å²) in [6.07, 6.45) is 11.8. The van der Waals surface area contributed by atoms with Crippen molar-refractivity contribution in [3.8, 4) is 0 Å². The van der Waals surface area contributed by atoms with Crippen molar-refractivity contribution in [2.24, 2.45) is 5.73 Å². The average Bonchev–Trinajstić information content (AvgIpc) is 2.43. The molecule has 0 rings (SSSR count). The Morgan fingerprint density at radius 2 is 1.42 bits per heavy atom. The molecule has 0 aromatic heterocycles. The Hall–Kier alpha value is -0.410. The smallest absolute Gasteiger partial charge is 0.164 e. The second-order valence-corrected chi connectivity index (χ2v) is 5.56. The molecule has 0 saturated carbocycles. The highest BCUT2D eigenvalue weighted by Gasteiger charge is 2.16. The minimum atomic E-state index is -0.404. The molecule has 0 bridgehead atoms. The van der Waals surface area contributed by atoms with Crippen LogP contribution in [0.4, 0.5) is 0 Å². The Morgan fingerprint density at radius 1 is 0.947 bits per heavy atom. The third-order valence-electron chi connectivity index (χ3n) is 3.83. The summed E-state index contributed by atoms with van der Waals surface area (Å²) >= 11 is 0. The van der Waals surface area contributed by atoms with E-state index in [0.717, 1.165) is 13.0 Å². The molecule has 0 aromatic rings. The summed E-state index contributed by atoms with van der Waals surface area (Å²) in [7, 11) is 1.90. The number of nitrogens with zero attached hydrogens (tertiary/aromatic N) is 1. The van der Waals surface area contributed by atoms with E-state index in [1.165, 1.54) is 51.4 Å². The fourth-order valence-corrected chi connectivity index (χ4v) is 2.20. The van der Waals surface area contributed by atoms with Crippen LogP contribution in [0, 0.1) is 0 Å². The third-order valence-corrected chi connectivity index (χ3v) is 3.83. The second kappa shape index (κ2) is 12.6. The Balaban J connectivity index is 3.36. The second-order valence-electron chi connectivity index (χ2n) is 5.56. The number of nitrogens with two attached hydrogens (primary N) is 1. The highest BCUT2D eigenvalue weighted by molar-refractivity contribution is 5.83. The number of Topliss-reactive ketones (excluding diaryl/α,β-unsaturated/α-hetero) is 1. The monoisotopic (exact) mass is 270 g/mol. The lowest BCUT2D eigenvalue weighted by molar-refractivity contribution is -0.123. The molecule has 0 radical (unpaired) electrons. The summed E-state index contributed by atoms with van der Waals surface area (Å²) in [4.78, 5) is 13.7. The topological polar surface area (TPSA) is 46.3 Å². The van der Waals surface area contributed by atoms with E-state index in [0.29, 0.717) is 6.42 Å². The van der Waals surface area contributed by atoms with Crippen molar-refractivity contribution in [1.29, 1.82) is 0 Å². The summed E-state index contributed by atoms with van der Waals surface area (Å²) in [6, 6.07) is 0.